The van der Waals surface area contributed by atoms with E-state index in [1.807, 2.05) is 0 Å². The van der Waals surface area contributed by atoms with Crippen LogP contribution in [0.4, 0.5) is 11.4 Å². The van der Waals surface area contributed by atoms with Gasteiger partial charge in [-0.3, -0.25) is 0 Å². The van der Waals surface area contributed by atoms with Crippen molar-refractivity contribution in [3.8, 4) is 23.0 Å². The second-order valence-corrected chi connectivity index (χ2v) is 4.47. The van der Waals surface area contributed by atoms with E-state index in [0.29, 0.717) is 22.5 Å². The van der Waals surface area contributed by atoms with Gasteiger partial charge in [0.15, 0.2) is 23.0 Å². The van der Waals surface area contributed by atoms with Crippen LogP contribution in [0.3, 0.4) is 0 Å². The molecule has 0 aliphatic heterocycles. The van der Waals surface area contributed by atoms with Crippen molar-refractivity contribution in [3.63, 3.8) is 0 Å². The summed E-state index contributed by atoms with van der Waals surface area (Å²) in [5, 5.41) is 19.8. The summed E-state index contributed by atoms with van der Waals surface area (Å²) in [4.78, 5) is 0. The minimum atomic E-state index is -0.0197. The predicted molar refractivity (Wildman–Crippen MR) is 74.6 cm³/mol. The maximum Gasteiger partial charge on any atom is 0.171 e. The Morgan fingerprint density at radius 2 is 1.16 bits per heavy atom. The number of aryl methyl sites for hydroxylation is 2. The minimum absolute atomic E-state index is 0.0197. The quantitative estimate of drug-likeness (QED) is 0.491. The Labute approximate surface area is 111 Å². The molecule has 0 aliphatic rings. The summed E-state index contributed by atoms with van der Waals surface area (Å²) in [5.41, 5.74) is 13.5. The molecular weight excluding hydrogens is 244 g/mol. The Bertz CT molecular complexity index is 584. The third kappa shape index (κ3) is 2.49. The van der Waals surface area contributed by atoms with E-state index >= 15 is 0 Å². The number of hydrogen-bond acceptors (Lipinski definition) is 5. The van der Waals surface area contributed by atoms with Crippen LogP contribution in [-0.4, -0.2) is 10.2 Å². The summed E-state index contributed by atoms with van der Waals surface area (Å²) in [6.45, 7) is 3.42. The highest BCUT2D eigenvalue weighted by Gasteiger charge is 2.13. The molecule has 6 N–H and O–H groups in total. The fraction of sp³-hybridized carbons (Fsp3) is 0.143. The summed E-state index contributed by atoms with van der Waals surface area (Å²) in [5.74, 6) is 0.318. The van der Waals surface area contributed by atoms with Crippen LogP contribution in [0.1, 0.15) is 11.1 Å². The van der Waals surface area contributed by atoms with Crippen molar-refractivity contribution in [2.24, 2.45) is 0 Å². The molecular formula is C14H16N2O3. The number of phenols is 2. The van der Waals surface area contributed by atoms with Gasteiger partial charge in [0.1, 0.15) is 0 Å². The van der Waals surface area contributed by atoms with Crippen LogP contribution in [0.25, 0.3) is 0 Å². The molecule has 19 heavy (non-hydrogen) atoms. The second kappa shape index (κ2) is 4.61. The standard InChI is InChI=1S/C14H16N2O3/c1-7-3-9(15)5-11(13(7)17)19-12-6-10(16)4-8(2)14(12)18/h3-6,17-18H,15-16H2,1-2H3. The molecule has 0 saturated carbocycles. The third-order valence-corrected chi connectivity index (χ3v) is 2.80. The van der Waals surface area contributed by atoms with Gasteiger partial charge in [0.2, 0.25) is 0 Å². The van der Waals surface area contributed by atoms with E-state index in [4.69, 9.17) is 16.2 Å². The lowest BCUT2D eigenvalue weighted by molar-refractivity contribution is 0.382. The van der Waals surface area contributed by atoms with Gasteiger partial charge in [0.25, 0.3) is 0 Å². The van der Waals surface area contributed by atoms with Crippen molar-refractivity contribution in [3.05, 3.63) is 35.4 Å². The predicted octanol–water partition coefficient (Wildman–Crippen LogP) is 2.67. The summed E-state index contributed by atoms with van der Waals surface area (Å²) in [7, 11) is 0. The van der Waals surface area contributed by atoms with Gasteiger partial charge in [0, 0.05) is 23.5 Å². The zero-order valence-electron chi connectivity index (χ0n) is 10.8. The van der Waals surface area contributed by atoms with Gasteiger partial charge in [-0.15, -0.1) is 0 Å². The number of anilines is 2. The molecule has 5 heteroatoms. The van der Waals surface area contributed by atoms with Gasteiger partial charge in [-0.25, -0.2) is 0 Å². The lowest BCUT2D eigenvalue weighted by Gasteiger charge is -2.13. The smallest absolute Gasteiger partial charge is 0.171 e. The lowest BCUT2D eigenvalue weighted by atomic mass is 10.1. The molecule has 0 heterocycles. The average Bonchev–Trinajstić information content (AvgIpc) is 2.31. The van der Waals surface area contributed by atoms with E-state index in [-0.39, 0.29) is 23.0 Å². The topological polar surface area (TPSA) is 102 Å². The molecule has 0 bridgehead atoms. The minimum Gasteiger partial charge on any atom is -0.504 e. The largest absolute Gasteiger partial charge is 0.504 e. The van der Waals surface area contributed by atoms with E-state index in [9.17, 15) is 10.2 Å². The number of nitrogen functional groups attached to an aromatic ring is 2. The number of phenolic OH excluding ortho intramolecular Hbond substituents is 2. The van der Waals surface area contributed by atoms with Crippen LogP contribution in [0.5, 0.6) is 23.0 Å². The van der Waals surface area contributed by atoms with E-state index in [1.165, 1.54) is 12.1 Å². The SMILES string of the molecule is Cc1cc(N)cc(Oc2cc(N)cc(C)c2O)c1O. The van der Waals surface area contributed by atoms with Crippen LogP contribution in [0, 0.1) is 13.8 Å². The normalized spacial score (nSPS) is 10.4. The van der Waals surface area contributed by atoms with Gasteiger partial charge in [0.05, 0.1) is 0 Å². The van der Waals surface area contributed by atoms with E-state index in [1.54, 1.807) is 26.0 Å². The van der Waals surface area contributed by atoms with Crippen molar-refractivity contribution in [1.82, 2.24) is 0 Å². The van der Waals surface area contributed by atoms with Crippen LogP contribution in [0.15, 0.2) is 24.3 Å². The fourth-order valence-electron chi connectivity index (χ4n) is 1.82. The van der Waals surface area contributed by atoms with Gasteiger partial charge in [-0.05, 0) is 37.1 Å². The van der Waals surface area contributed by atoms with Gasteiger partial charge < -0.3 is 26.4 Å². The van der Waals surface area contributed by atoms with E-state index in [2.05, 4.69) is 0 Å². The molecule has 0 spiro atoms. The first-order chi connectivity index (χ1) is 8.88. The number of ether oxygens (including phenoxy) is 1. The molecule has 0 aromatic heterocycles. The highest BCUT2D eigenvalue weighted by molar-refractivity contribution is 5.61. The Kier molecular flexibility index (Phi) is 3.12. The number of rotatable bonds is 2. The first-order valence-corrected chi connectivity index (χ1v) is 5.74. The van der Waals surface area contributed by atoms with Crippen LogP contribution < -0.4 is 16.2 Å². The molecule has 0 aliphatic carbocycles. The molecule has 2 rings (SSSR count). The van der Waals surface area contributed by atoms with Crippen LogP contribution >= 0.6 is 0 Å². The zero-order chi connectivity index (χ0) is 14.2. The Hall–Kier alpha value is -2.56. The van der Waals surface area contributed by atoms with Gasteiger partial charge in [-0.2, -0.15) is 0 Å². The Balaban J connectivity index is 2.47. The van der Waals surface area contributed by atoms with E-state index in [0.717, 1.165) is 0 Å². The summed E-state index contributed by atoms with van der Waals surface area (Å²) < 4.78 is 5.50. The van der Waals surface area contributed by atoms with Crippen molar-refractivity contribution in [2.75, 3.05) is 11.5 Å². The number of benzene rings is 2. The molecule has 0 saturated heterocycles. The molecule has 0 unspecified atom stereocenters. The number of aromatic hydroxyl groups is 2. The Morgan fingerprint density at radius 1 is 0.789 bits per heavy atom. The molecule has 0 amide bonds. The molecule has 100 valence electrons. The first-order valence-electron chi connectivity index (χ1n) is 5.74. The van der Waals surface area contributed by atoms with Crippen molar-refractivity contribution >= 4 is 11.4 Å². The Morgan fingerprint density at radius 3 is 1.53 bits per heavy atom. The van der Waals surface area contributed by atoms with Crippen molar-refractivity contribution in [1.29, 1.82) is 0 Å². The van der Waals surface area contributed by atoms with Crippen LogP contribution in [0.2, 0.25) is 0 Å². The molecule has 5 nitrogen and oxygen atoms in total. The summed E-state index contributed by atoms with van der Waals surface area (Å²) in [6, 6.07) is 6.24. The van der Waals surface area contributed by atoms with Crippen LogP contribution in [-0.2, 0) is 0 Å². The van der Waals surface area contributed by atoms with Gasteiger partial charge >= 0.3 is 0 Å². The number of hydrogen-bond donors (Lipinski definition) is 4. The average molecular weight is 260 g/mol. The molecule has 0 radical (unpaired) electrons. The van der Waals surface area contributed by atoms with Crippen molar-refractivity contribution in [2.45, 2.75) is 13.8 Å². The van der Waals surface area contributed by atoms with Gasteiger partial charge in [-0.1, -0.05) is 0 Å². The second-order valence-electron chi connectivity index (χ2n) is 4.47. The molecule has 2 aromatic rings. The maximum absolute atomic E-state index is 9.92. The monoisotopic (exact) mass is 260 g/mol. The maximum atomic E-state index is 9.92. The summed E-state index contributed by atoms with van der Waals surface area (Å²) in [6.07, 6.45) is 0. The number of nitrogens with two attached hydrogens (primary N) is 2. The first kappa shape index (κ1) is 12.9. The zero-order valence-corrected chi connectivity index (χ0v) is 10.8. The summed E-state index contributed by atoms with van der Waals surface area (Å²) >= 11 is 0. The highest BCUT2D eigenvalue weighted by atomic mass is 16.5. The van der Waals surface area contributed by atoms with Crippen molar-refractivity contribution < 1.29 is 14.9 Å². The highest BCUT2D eigenvalue weighted by Crippen LogP contribution is 2.40. The fourth-order valence-corrected chi connectivity index (χ4v) is 1.82. The lowest BCUT2D eigenvalue weighted by Crippen LogP contribution is -1.94. The molecule has 0 fully saturated rings. The van der Waals surface area contributed by atoms with E-state index < -0.39 is 0 Å². The molecule has 0 atom stereocenters. The molecule has 2 aromatic carbocycles. The third-order valence-electron chi connectivity index (χ3n) is 2.80.